The van der Waals surface area contributed by atoms with Gasteiger partial charge in [-0.3, -0.25) is 19.8 Å². The molecule has 6 nitrogen and oxygen atoms in total. The van der Waals surface area contributed by atoms with Crippen molar-refractivity contribution >= 4 is 21.8 Å². The summed E-state index contributed by atoms with van der Waals surface area (Å²) < 4.78 is 12.2. The summed E-state index contributed by atoms with van der Waals surface area (Å²) in [6.45, 7) is 4.77. The van der Waals surface area contributed by atoms with Crippen molar-refractivity contribution in [3.8, 4) is 11.5 Å². The van der Waals surface area contributed by atoms with Crippen LogP contribution in [0.3, 0.4) is 0 Å². The lowest BCUT2D eigenvalue weighted by atomic mass is 10.1. The first-order valence-corrected chi connectivity index (χ1v) is 10.3. The molecule has 150 valence electrons. The monoisotopic (exact) mass is 398 g/mol. The van der Waals surface area contributed by atoms with Gasteiger partial charge in [-0.05, 0) is 12.1 Å². The van der Waals surface area contributed by atoms with Crippen LogP contribution in [0.4, 0.5) is 0 Å². The second kappa shape index (κ2) is 7.23. The molecule has 2 aromatic carbocycles. The van der Waals surface area contributed by atoms with Crippen molar-refractivity contribution in [2.75, 3.05) is 26.6 Å². The Morgan fingerprint density at radius 2 is 1.17 bits per heavy atom. The summed E-state index contributed by atoms with van der Waals surface area (Å²) in [5.74, 6) is 1.86. The van der Waals surface area contributed by atoms with Crippen molar-refractivity contribution in [2.24, 2.45) is 0 Å². The molecule has 0 radical (unpaired) electrons. The number of nitrogens with zero attached hydrogens (tertiary/aromatic N) is 4. The predicted molar refractivity (Wildman–Crippen MR) is 115 cm³/mol. The Kier molecular flexibility index (Phi) is 4.25. The smallest absolute Gasteiger partial charge is 0.152 e. The fourth-order valence-electron chi connectivity index (χ4n) is 4.35. The zero-order chi connectivity index (χ0) is 19.9. The first kappa shape index (κ1) is 17.6. The largest absolute Gasteiger partial charge is 0.475 e. The second-order valence-electron chi connectivity index (χ2n) is 7.91. The lowest BCUT2D eigenvalue weighted by molar-refractivity contribution is 0.0534. The molecule has 0 aliphatic carbocycles. The van der Waals surface area contributed by atoms with E-state index in [1.54, 1.807) is 0 Å². The third kappa shape index (κ3) is 3.05. The third-order valence-electron chi connectivity index (χ3n) is 5.92. The SMILES string of the molecule is c1cnc2c3c(ccc2c1)CN(CCN1COc2c(ccc4cccnc24)C1)CO3. The highest BCUT2D eigenvalue weighted by Gasteiger charge is 2.23. The van der Waals surface area contributed by atoms with Crippen LogP contribution in [0.5, 0.6) is 11.5 Å². The molecule has 6 rings (SSSR count). The number of hydrogen-bond acceptors (Lipinski definition) is 6. The molecule has 2 aliphatic rings. The lowest BCUT2D eigenvalue weighted by Gasteiger charge is -2.33. The number of benzene rings is 2. The third-order valence-corrected chi connectivity index (χ3v) is 5.92. The minimum absolute atomic E-state index is 0.586. The van der Waals surface area contributed by atoms with Crippen LogP contribution in [0.25, 0.3) is 21.8 Å². The number of hydrogen-bond donors (Lipinski definition) is 0. The fourth-order valence-corrected chi connectivity index (χ4v) is 4.35. The van der Waals surface area contributed by atoms with E-state index in [0.717, 1.165) is 59.5 Å². The Bertz CT molecular complexity index is 1150. The first-order valence-electron chi connectivity index (χ1n) is 10.3. The van der Waals surface area contributed by atoms with E-state index in [2.05, 4.69) is 56.2 Å². The van der Waals surface area contributed by atoms with Crippen LogP contribution in [-0.4, -0.2) is 46.3 Å². The summed E-state index contributed by atoms with van der Waals surface area (Å²) in [7, 11) is 0. The summed E-state index contributed by atoms with van der Waals surface area (Å²) in [5, 5.41) is 2.24. The van der Waals surface area contributed by atoms with Crippen molar-refractivity contribution in [1.82, 2.24) is 19.8 Å². The van der Waals surface area contributed by atoms with Gasteiger partial charge in [0.25, 0.3) is 0 Å². The molecule has 2 aliphatic heterocycles. The number of fused-ring (bicyclic) bond motifs is 6. The van der Waals surface area contributed by atoms with Gasteiger partial charge in [-0.25, -0.2) is 0 Å². The quantitative estimate of drug-likeness (QED) is 0.523. The van der Waals surface area contributed by atoms with E-state index in [1.807, 2.05) is 24.5 Å². The molecular formula is C24H22N4O2. The second-order valence-corrected chi connectivity index (χ2v) is 7.91. The van der Waals surface area contributed by atoms with Crippen molar-refractivity contribution in [1.29, 1.82) is 0 Å². The van der Waals surface area contributed by atoms with Crippen molar-refractivity contribution in [3.63, 3.8) is 0 Å². The normalized spacial score (nSPS) is 16.7. The fraction of sp³-hybridized carbons (Fsp3) is 0.250. The maximum Gasteiger partial charge on any atom is 0.152 e. The Balaban J connectivity index is 1.13. The molecule has 2 aromatic heterocycles. The summed E-state index contributed by atoms with van der Waals surface area (Å²) in [6, 6.07) is 16.6. The van der Waals surface area contributed by atoms with Gasteiger partial charge < -0.3 is 9.47 Å². The Hall–Kier alpha value is -3.22. The molecule has 4 heterocycles. The molecule has 0 saturated carbocycles. The summed E-state index contributed by atoms with van der Waals surface area (Å²) in [6.07, 6.45) is 3.65. The van der Waals surface area contributed by atoms with Gasteiger partial charge >= 0.3 is 0 Å². The first-order chi connectivity index (χ1) is 14.8. The molecular weight excluding hydrogens is 376 g/mol. The predicted octanol–water partition coefficient (Wildman–Crippen LogP) is 3.79. The van der Waals surface area contributed by atoms with Crippen LogP contribution in [0.2, 0.25) is 0 Å². The summed E-state index contributed by atoms with van der Waals surface area (Å²) >= 11 is 0. The molecule has 0 N–H and O–H groups in total. The van der Waals surface area contributed by atoms with Gasteiger partial charge in [0.2, 0.25) is 0 Å². The number of ether oxygens (including phenoxy) is 2. The van der Waals surface area contributed by atoms with Gasteiger partial charge in [0, 0.05) is 60.5 Å². The van der Waals surface area contributed by atoms with Gasteiger partial charge in [0.1, 0.15) is 24.5 Å². The Labute approximate surface area is 174 Å². The van der Waals surface area contributed by atoms with E-state index in [1.165, 1.54) is 11.1 Å². The van der Waals surface area contributed by atoms with Crippen LogP contribution in [-0.2, 0) is 13.1 Å². The molecule has 6 heteroatoms. The van der Waals surface area contributed by atoms with Gasteiger partial charge in [-0.15, -0.1) is 0 Å². The Morgan fingerprint density at radius 3 is 1.67 bits per heavy atom. The molecule has 0 bridgehead atoms. The average molecular weight is 398 g/mol. The van der Waals surface area contributed by atoms with E-state index < -0.39 is 0 Å². The molecule has 30 heavy (non-hydrogen) atoms. The number of rotatable bonds is 3. The van der Waals surface area contributed by atoms with Crippen molar-refractivity contribution in [3.05, 3.63) is 72.1 Å². The minimum atomic E-state index is 0.586. The maximum atomic E-state index is 6.10. The van der Waals surface area contributed by atoms with Gasteiger partial charge in [-0.1, -0.05) is 36.4 Å². The van der Waals surface area contributed by atoms with E-state index in [9.17, 15) is 0 Å². The summed E-state index contributed by atoms with van der Waals surface area (Å²) in [5.41, 5.74) is 4.31. The summed E-state index contributed by atoms with van der Waals surface area (Å²) in [4.78, 5) is 13.7. The molecule has 0 atom stereocenters. The molecule has 0 unspecified atom stereocenters. The van der Waals surface area contributed by atoms with Crippen LogP contribution in [0.15, 0.2) is 60.9 Å². The van der Waals surface area contributed by atoms with Crippen molar-refractivity contribution in [2.45, 2.75) is 13.1 Å². The number of pyridine rings is 2. The average Bonchev–Trinajstić information content (AvgIpc) is 2.82. The highest BCUT2D eigenvalue weighted by atomic mass is 16.5. The van der Waals surface area contributed by atoms with Crippen LogP contribution in [0, 0.1) is 0 Å². The lowest BCUT2D eigenvalue weighted by Crippen LogP contribution is -2.41. The maximum absolute atomic E-state index is 6.10. The molecule has 0 spiro atoms. The van der Waals surface area contributed by atoms with E-state index in [0.29, 0.717) is 13.5 Å². The zero-order valence-corrected chi connectivity index (χ0v) is 16.6. The zero-order valence-electron chi connectivity index (χ0n) is 16.6. The van der Waals surface area contributed by atoms with E-state index in [-0.39, 0.29) is 0 Å². The highest BCUT2D eigenvalue weighted by Crippen LogP contribution is 2.33. The van der Waals surface area contributed by atoms with Crippen molar-refractivity contribution < 1.29 is 9.47 Å². The minimum Gasteiger partial charge on any atom is -0.475 e. The van der Waals surface area contributed by atoms with Gasteiger partial charge in [-0.2, -0.15) is 0 Å². The molecule has 4 aromatic rings. The van der Waals surface area contributed by atoms with Crippen LogP contribution in [0.1, 0.15) is 11.1 Å². The number of aromatic nitrogens is 2. The molecule has 0 amide bonds. The van der Waals surface area contributed by atoms with E-state index >= 15 is 0 Å². The molecule has 0 fully saturated rings. The van der Waals surface area contributed by atoms with Crippen LogP contribution >= 0.6 is 0 Å². The topological polar surface area (TPSA) is 50.7 Å². The standard InChI is InChI=1S/C24H22N4O2/c1-3-17-5-7-19-13-27(15-29-23(19)21(17)25-9-1)11-12-28-14-20-8-6-18-4-2-10-26-22(18)24(20)30-16-28/h1-10H,11-16H2. The Morgan fingerprint density at radius 1 is 0.667 bits per heavy atom. The van der Waals surface area contributed by atoms with Gasteiger partial charge in [0.05, 0.1) is 0 Å². The van der Waals surface area contributed by atoms with Gasteiger partial charge in [0.15, 0.2) is 11.5 Å². The highest BCUT2D eigenvalue weighted by molar-refractivity contribution is 5.86. The van der Waals surface area contributed by atoms with E-state index in [4.69, 9.17) is 9.47 Å². The van der Waals surface area contributed by atoms with Crippen LogP contribution < -0.4 is 9.47 Å². The molecule has 0 saturated heterocycles.